The number of carbonyl (C=O) groups is 1. The molecule has 0 aliphatic carbocycles. The molecule has 3 aliphatic heterocycles. The van der Waals surface area contributed by atoms with E-state index in [9.17, 15) is 13.6 Å². The van der Waals surface area contributed by atoms with Gasteiger partial charge < -0.3 is 15.2 Å². The van der Waals surface area contributed by atoms with E-state index in [2.05, 4.69) is 57.5 Å². The number of hydrazine groups is 1. The lowest BCUT2D eigenvalue weighted by Gasteiger charge is -2.36. The normalized spacial score (nSPS) is 23.5. The number of carbonyl (C=O) groups excluding carboxylic acids is 1. The van der Waals surface area contributed by atoms with E-state index in [-0.39, 0.29) is 29.7 Å². The monoisotopic (exact) mass is 456 g/mol. The maximum Gasteiger partial charge on any atom is 0.234 e. The number of hydrogen-bond donors (Lipinski definition) is 3. The standard InChI is InChI=1S/C22H22F2N6OS/c1-13-2-4-14(5-3-13)17-11-19-21-26-27-22(29(21)8-9-30(19)28-17)32-12-20(31)25-18-10-15(23)6-7-16(18)24/h2-10,17,19,21,26,28H,11-12H2,1H3,(H,25,31). The molecule has 7 nitrogen and oxygen atoms in total. The van der Waals surface area contributed by atoms with E-state index in [0.717, 1.165) is 24.6 Å². The summed E-state index contributed by atoms with van der Waals surface area (Å²) in [5.41, 5.74) is 9.00. The number of amidine groups is 1. The topological polar surface area (TPSA) is 72.0 Å². The number of nitrogens with zero attached hydrogens (tertiary/aromatic N) is 3. The SMILES string of the molecule is Cc1ccc(C2CC3C4NN=C(SCC(=O)Nc5cc(F)ccc5F)N4C=CN3N2)cc1. The van der Waals surface area contributed by atoms with Crippen molar-refractivity contribution < 1.29 is 13.6 Å². The molecule has 3 unspecified atom stereocenters. The van der Waals surface area contributed by atoms with Gasteiger partial charge in [0.25, 0.3) is 0 Å². The minimum atomic E-state index is -0.680. The highest BCUT2D eigenvalue weighted by Crippen LogP contribution is 2.35. The van der Waals surface area contributed by atoms with Gasteiger partial charge in [-0.2, -0.15) is 5.10 Å². The van der Waals surface area contributed by atoms with Crippen LogP contribution in [0.3, 0.4) is 0 Å². The average Bonchev–Trinajstić information content (AvgIpc) is 3.39. The zero-order valence-corrected chi connectivity index (χ0v) is 18.1. The fourth-order valence-corrected chi connectivity index (χ4v) is 4.85. The molecule has 3 N–H and O–H groups in total. The molecule has 0 spiro atoms. The van der Waals surface area contributed by atoms with Gasteiger partial charge in [0.05, 0.1) is 23.5 Å². The Morgan fingerprint density at radius 2 is 2.03 bits per heavy atom. The number of halogens is 2. The number of amides is 1. The third-order valence-corrected chi connectivity index (χ3v) is 6.69. The Labute approximate surface area is 188 Å². The summed E-state index contributed by atoms with van der Waals surface area (Å²) in [5.74, 6) is -1.71. The van der Waals surface area contributed by atoms with Gasteiger partial charge in [-0.05, 0) is 31.0 Å². The van der Waals surface area contributed by atoms with E-state index in [0.29, 0.717) is 5.17 Å². The first-order valence-electron chi connectivity index (χ1n) is 10.3. The highest BCUT2D eigenvalue weighted by molar-refractivity contribution is 8.14. The Kier molecular flexibility index (Phi) is 5.48. The Hall–Kier alpha value is -3.11. The largest absolute Gasteiger partial charge is 0.323 e. The molecule has 1 amide bonds. The molecular weight excluding hydrogens is 434 g/mol. The van der Waals surface area contributed by atoms with Gasteiger partial charge in [0.2, 0.25) is 5.91 Å². The quantitative estimate of drug-likeness (QED) is 0.656. The highest BCUT2D eigenvalue weighted by atomic mass is 32.2. The molecule has 1 fully saturated rings. The first-order chi connectivity index (χ1) is 15.5. The Balaban J connectivity index is 1.19. The van der Waals surface area contributed by atoms with Crippen molar-refractivity contribution in [1.82, 2.24) is 20.8 Å². The van der Waals surface area contributed by atoms with Crippen molar-refractivity contribution in [2.24, 2.45) is 5.10 Å². The number of rotatable bonds is 4. The van der Waals surface area contributed by atoms with Crippen LogP contribution in [-0.2, 0) is 4.79 Å². The van der Waals surface area contributed by atoms with Crippen molar-refractivity contribution in [3.63, 3.8) is 0 Å². The summed E-state index contributed by atoms with van der Waals surface area (Å²) >= 11 is 1.24. The van der Waals surface area contributed by atoms with E-state index >= 15 is 0 Å². The summed E-state index contributed by atoms with van der Waals surface area (Å²) in [4.78, 5) is 14.2. The van der Waals surface area contributed by atoms with Crippen molar-refractivity contribution in [2.75, 3.05) is 11.1 Å². The summed E-state index contributed by atoms with van der Waals surface area (Å²) in [6, 6.07) is 11.8. The Bertz CT molecular complexity index is 1090. The number of aryl methyl sites for hydroxylation is 1. The summed E-state index contributed by atoms with van der Waals surface area (Å²) in [5, 5.41) is 9.55. The first-order valence-corrected chi connectivity index (χ1v) is 11.2. The minimum Gasteiger partial charge on any atom is -0.323 e. The van der Waals surface area contributed by atoms with Crippen LogP contribution in [0.2, 0.25) is 0 Å². The van der Waals surface area contributed by atoms with Gasteiger partial charge in [-0.25, -0.2) is 14.2 Å². The summed E-state index contributed by atoms with van der Waals surface area (Å²) in [7, 11) is 0. The van der Waals surface area contributed by atoms with E-state index in [1.165, 1.54) is 22.9 Å². The van der Waals surface area contributed by atoms with E-state index in [4.69, 9.17) is 0 Å². The lowest BCUT2D eigenvalue weighted by atomic mass is 9.99. The van der Waals surface area contributed by atoms with Crippen LogP contribution in [0.4, 0.5) is 14.5 Å². The molecule has 1 saturated heterocycles. The molecule has 10 heteroatoms. The number of anilines is 1. The maximum absolute atomic E-state index is 13.7. The van der Waals surface area contributed by atoms with Gasteiger partial charge in [-0.3, -0.25) is 10.2 Å². The van der Waals surface area contributed by atoms with Crippen molar-refractivity contribution in [1.29, 1.82) is 0 Å². The third kappa shape index (κ3) is 4.03. The summed E-state index contributed by atoms with van der Waals surface area (Å²) in [6.07, 6.45) is 4.73. The van der Waals surface area contributed by atoms with Gasteiger partial charge in [-0.1, -0.05) is 41.6 Å². The molecule has 0 bridgehead atoms. The first kappa shape index (κ1) is 20.8. The highest BCUT2D eigenvalue weighted by Gasteiger charge is 2.44. The van der Waals surface area contributed by atoms with Crippen LogP contribution in [0.25, 0.3) is 0 Å². The van der Waals surface area contributed by atoms with Gasteiger partial charge in [0.15, 0.2) is 5.17 Å². The third-order valence-electron chi connectivity index (χ3n) is 5.72. The average molecular weight is 457 g/mol. The smallest absolute Gasteiger partial charge is 0.234 e. The van der Waals surface area contributed by atoms with Gasteiger partial charge in [0, 0.05) is 18.5 Å². The molecule has 0 aromatic heterocycles. The van der Waals surface area contributed by atoms with Gasteiger partial charge in [0.1, 0.15) is 17.8 Å². The molecule has 0 saturated carbocycles. The number of benzene rings is 2. The number of thioether (sulfide) groups is 1. The van der Waals surface area contributed by atoms with Crippen molar-refractivity contribution in [3.8, 4) is 0 Å². The second-order valence-electron chi connectivity index (χ2n) is 7.94. The molecule has 2 aromatic carbocycles. The van der Waals surface area contributed by atoms with Crippen LogP contribution in [0.15, 0.2) is 60.0 Å². The molecule has 2 aromatic rings. The maximum atomic E-state index is 13.7. The number of fused-ring (bicyclic) bond motifs is 3. The van der Waals surface area contributed by atoms with Crippen molar-refractivity contribution >= 4 is 28.5 Å². The Morgan fingerprint density at radius 3 is 2.84 bits per heavy atom. The molecular formula is C22H22F2N6OS. The molecule has 3 aliphatic rings. The van der Waals surface area contributed by atoms with Gasteiger partial charge in [-0.15, -0.1) is 0 Å². The molecule has 0 radical (unpaired) electrons. The molecule has 166 valence electrons. The predicted molar refractivity (Wildman–Crippen MR) is 120 cm³/mol. The second-order valence-corrected chi connectivity index (χ2v) is 8.88. The zero-order valence-electron chi connectivity index (χ0n) is 17.3. The molecule has 3 heterocycles. The molecule has 32 heavy (non-hydrogen) atoms. The van der Waals surface area contributed by atoms with Crippen LogP contribution in [0.1, 0.15) is 23.6 Å². The van der Waals surface area contributed by atoms with Crippen molar-refractivity contribution in [2.45, 2.75) is 31.6 Å². The predicted octanol–water partition coefficient (Wildman–Crippen LogP) is 3.25. The second kappa shape index (κ2) is 8.44. The number of hydrazone groups is 1. The van der Waals surface area contributed by atoms with E-state index in [1.54, 1.807) is 0 Å². The van der Waals surface area contributed by atoms with Crippen LogP contribution < -0.4 is 16.2 Å². The van der Waals surface area contributed by atoms with Crippen molar-refractivity contribution in [3.05, 3.63) is 77.6 Å². The number of nitrogens with one attached hydrogen (secondary N) is 3. The van der Waals surface area contributed by atoms with Crippen LogP contribution in [0, 0.1) is 18.6 Å². The van der Waals surface area contributed by atoms with Crippen LogP contribution in [0.5, 0.6) is 0 Å². The minimum absolute atomic E-state index is 0.0200. The van der Waals surface area contributed by atoms with E-state index < -0.39 is 17.5 Å². The fraction of sp³-hybridized carbons (Fsp3) is 0.273. The van der Waals surface area contributed by atoms with E-state index in [1.807, 2.05) is 17.3 Å². The molecule has 5 rings (SSSR count). The number of hydrogen-bond acceptors (Lipinski definition) is 7. The lowest BCUT2D eigenvalue weighted by molar-refractivity contribution is -0.113. The fourth-order valence-electron chi connectivity index (χ4n) is 4.08. The lowest BCUT2D eigenvalue weighted by Crippen LogP contribution is -2.54. The van der Waals surface area contributed by atoms with Crippen LogP contribution in [-0.4, -0.2) is 38.9 Å². The van der Waals surface area contributed by atoms with Gasteiger partial charge >= 0.3 is 0 Å². The molecule has 3 atom stereocenters. The Morgan fingerprint density at radius 1 is 1.22 bits per heavy atom. The zero-order chi connectivity index (χ0) is 22.2. The summed E-state index contributed by atoms with van der Waals surface area (Å²) < 4.78 is 27.0. The van der Waals surface area contributed by atoms with Crippen LogP contribution >= 0.6 is 11.8 Å². The summed E-state index contributed by atoms with van der Waals surface area (Å²) in [6.45, 7) is 2.07.